The minimum Gasteiger partial charge on any atom is -0.381 e. The zero-order chi connectivity index (χ0) is 14.7. The summed E-state index contributed by atoms with van der Waals surface area (Å²) in [4.78, 5) is 25.2. The molecular formula is C16H18N2O3. The van der Waals surface area contributed by atoms with E-state index in [4.69, 9.17) is 4.74 Å². The zero-order valence-corrected chi connectivity index (χ0v) is 11.7. The smallest absolute Gasteiger partial charge is 0.286 e. The largest absolute Gasteiger partial charge is 0.381 e. The van der Waals surface area contributed by atoms with Crippen LogP contribution in [0.15, 0.2) is 36.0 Å². The molecule has 1 unspecified atom stereocenters. The van der Waals surface area contributed by atoms with Crippen LogP contribution in [-0.4, -0.2) is 37.6 Å². The predicted octanol–water partition coefficient (Wildman–Crippen LogP) is 1.13. The van der Waals surface area contributed by atoms with Gasteiger partial charge in [-0.2, -0.15) is 0 Å². The van der Waals surface area contributed by atoms with Crippen LogP contribution in [-0.2, 0) is 14.3 Å². The molecule has 110 valence electrons. The third kappa shape index (κ3) is 2.71. The lowest BCUT2D eigenvalue weighted by atomic mass is 9.88. The summed E-state index contributed by atoms with van der Waals surface area (Å²) in [6, 6.07) is 9.55. The maximum atomic E-state index is 12.5. The van der Waals surface area contributed by atoms with Crippen LogP contribution in [0.5, 0.6) is 0 Å². The number of ether oxygens (including phenoxy) is 1. The fraction of sp³-hybridized carbons (Fsp3) is 0.438. The second kappa shape index (κ2) is 6.12. The summed E-state index contributed by atoms with van der Waals surface area (Å²) >= 11 is 0. The Kier molecular flexibility index (Phi) is 4.04. The molecule has 3 rings (SSSR count). The first-order valence-electron chi connectivity index (χ1n) is 7.26. The Bertz CT molecular complexity index is 560. The molecule has 5 nitrogen and oxygen atoms in total. The van der Waals surface area contributed by atoms with Gasteiger partial charge >= 0.3 is 0 Å². The van der Waals surface area contributed by atoms with Crippen molar-refractivity contribution in [2.45, 2.75) is 18.9 Å². The summed E-state index contributed by atoms with van der Waals surface area (Å²) in [5.74, 6) is 1.80. The molecule has 0 aliphatic carbocycles. The Morgan fingerprint density at radius 1 is 1.19 bits per heavy atom. The molecule has 0 bridgehead atoms. The highest BCUT2D eigenvalue weighted by Gasteiger charge is 2.38. The number of hydrogen-bond acceptors (Lipinski definition) is 4. The third-order valence-corrected chi connectivity index (χ3v) is 4.20. The Morgan fingerprint density at radius 3 is 2.57 bits per heavy atom. The number of carbonyl (C=O) groups excluding carboxylic acids is 2. The van der Waals surface area contributed by atoms with Crippen molar-refractivity contribution in [2.75, 3.05) is 24.7 Å². The number of para-hydroxylation sites is 1. The Morgan fingerprint density at radius 2 is 1.90 bits per heavy atom. The fourth-order valence-electron chi connectivity index (χ4n) is 3.10. The average Bonchev–Trinajstić information content (AvgIpc) is 2.56. The van der Waals surface area contributed by atoms with Gasteiger partial charge in [0.25, 0.3) is 5.91 Å². The molecule has 21 heavy (non-hydrogen) atoms. The number of carbonyl (C=O) groups is 1. The van der Waals surface area contributed by atoms with Crippen molar-refractivity contribution in [3.8, 4) is 0 Å². The molecule has 1 aromatic rings. The van der Waals surface area contributed by atoms with Crippen molar-refractivity contribution < 1.29 is 14.3 Å². The van der Waals surface area contributed by atoms with Crippen LogP contribution in [0.2, 0.25) is 0 Å². The van der Waals surface area contributed by atoms with E-state index in [1.54, 1.807) is 10.8 Å². The summed E-state index contributed by atoms with van der Waals surface area (Å²) in [5.41, 5.74) is 0.843. The summed E-state index contributed by atoms with van der Waals surface area (Å²) in [5, 5.41) is 2.93. The maximum absolute atomic E-state index is 12.5. The van der Waals surface area contributed by atoms with Crippen LogP contribution in [0.1, 0.15) is 12.8 Å². The first-order chi connectivity index (χ1) is 10.3. The highest BCUT2D eigenvalue weighted by molar-refractivity contribution is 6.11. The lowest BCUT2D eigenvalue weighted by Gasteiger charge is -2.42. The molecule has 1 atom stereocenters. The van der Waals surface area contributed by atoms with Crippen molar-refractivity contribution in [3.05, 3.63) is 36.0 Å². The van der Waals surface area contributed by atoms with Crippen LogP contribution >= 0.6 is 0 Å². The number of nitrogens with zero attached hydrogens (tertiary/aromatic N) is 1. The van der Waals surface area contributed by atoms with Crippen LogP contribution in [0, 0.1) is 5.92 Å². The van der Waals surface area contributed by atoms with Crippen molar-refractivity contribution in [1.29, 1.82) is 0 Å². The van der Waals surface area contributed by atoms with Crippen molar-refractivity contribution in [1.82, 2.24) is 5.32 Å². The van der Waals surface area contributed by atoms with Crippen molar-refractivity contribution in [3.63, 3.8) is 0 Å². The Hall–Kier alpha value is -2.10. The summed E-state index contributed by atoms with van der Waals surface area (Å²) in [6.07, 6.45) is 1.87. The fourth-order valence-corrected chi connectivity index (χ4v) is 3.10. The molecule has 2 fully saturated rings. The molecular weight excluding hydrogens is 268 g/mol. The van der Waals surface area contributed by atoms with Crippen LogP contribution in [0.4, 0.5) is 5.69 Å². The third-order valence-electron chi connectivity index (χ3n) is 4.20. The van der Waals surface area contributed by atoms with Gasteiger partial charge in [-0.05, 0) is 30.9 Å². The van der Waals surface area contributed by atoms with Gasteiger partial charge in [-0.1, -0.05) is 18.2 Å². The molecule has 0 spiro atoms. The molecule has 2 saturated heterocycles. The van der Waals surface area contributed by atoms with Gasteiger partial charge in [0.05, 0.1) is 6.04 Å². The van der Waals surface area contributed by atoms with E-state index in [-0.39, 0.29) is 17.6 Å². The summed E-state index contributed by atoms with van der Waals surface area (Å²) < 4.78 is 5.41. The second-order valence-electron chi connectivity index (χ2n) is 5.39. The van der Waals surface area contributed by atoms with E-state index >= 15 is 0 Å². The summed E-state index contributed by atoms with van der Waals surface area (Å²) in [7, 11) is 0. The quantitative estimate of drug-likeness (QED) is 0.654. The lowest BCUT2D eigenvalue weighted by Crippen LogP contribution is -2.57. The Labute approximate surface area is 123 Å². The topological polar surface area (TPSA) is 58.6 Å². The number of anilines is 1. The Balaban J connectivity index is 1.93. The predicted molar refractivity (Wildman–Crippen MR) is 78.5 cm³/mol. The second-order valence-corrected chi connectivity index (χ2v) is 5.39. The molecule has 1 amide bonds. The molecule has 1 aromatic carbocycles. The monoisotopic (exact) mass is 286 g/mol. The number of nitrogens with one attached hydrogen (secondary N) is 1. The van der Waals surface area contributed by atoms with E-state index in [9.17, 15) is 9.59 Å². The van der Waals surface area contributed by atoms with Gasteiger partial charge in [0.15, 0.2) is 11.6 Å². The number of rotatable bonds is 2. The average molecular weight is 286 g/mol. The highest BCUT2D eigenvalue weighted by atomic mass is 16.5. The SMILES string of the molecule is O=C=C1NCC(C2CCOCC2)N(c2ccccc2)C1=O. The minimum absolute atomic E-state index is 0.0159. The molecule has 0 aromatic heterocycles. The van der Waals surface area contributed by atoms with E-state index in [1.807, 2.05) is 30.3 Å². The number of benzene rings is 1. The first-order valence-corrected chi connectivity index (χ1v) is 7.26. The van der Waals surface area contributed by atoms with Gasteiger partial charge in [-0.15, -0.1) is 0 Å². The standard InChI is InChI=1S/C16H18N2O3/c19-11-14-16(20)18(13-4-2-1-3-5-13)15(10-17-14)12-6-8-21-9-7-12/h1-5,12,15,17H,6-10H2. The zero-order valence-electron chi connectivity index (χ0n) is 11.7. The van der Waals surface area contributed by atoms with E-state index in [2.05, 4.69) is 5.32 Å². The molecule has 2 aliphatic heterocycles. The first kappa shape index (κ1) is 13.9. The number of hydrogen-bond donors (Lipinski definition) is 1. The van der Waals surface area contributed by atoms with Crippen LogP contribution in [0.25, 0.3) is 0 Å². The molecule has 2 heterocycles. The molecule has 2 aliphatic rings. The van der Waals surface area contributed by atoms with Gasteiger partial charge in [0.2, 0.25) is 0 Å². The lowest BCUT2D eigenvalue weighted by molar-refractivity contribution is -0.117. The van der Waals surface area contributed by atoms with E-state index in [0.29, 0.717) is 12.5 Å². The number of piperazine rings is 1. The van der Waals surface area contributed by atoms with Crippen LogP contribution < -0.4 is 10.2 Å². The van der Waals surface area contributed by atoms with Gasteiger partial charge in [0.1, 0.15) is 0 Å². The van der Waals surface area contributed by atoms with E-state index < -0.39 is 0 Å². The van der Waals surface area contributed by atoms with Crippen molar-refractivity contribution >= 4 is 17.5 Å². The van der Waals surface area contributed by atoms with Crippen molar-refractivity contribution in [2.24, 2.45) is 5.92 Å². The molecule has 1 N–H and O–H groups in total. The summed E-state index contributed by atoms with van der Waals surface area (Å²) in [6.45, 7) is 2.04. The molecule has 0 saturated carbocycles. The number of amides is 1. The van der Waals surface area contributed by atoms with Gasteiger partial charge < -0.3 is 15.0 Å². The van der Waals surface area contributed by atoms with Gasteiger partial charge in [-0.3, -0.25) is 4.79 Å². The van der Waals surface area contributed by atoms with Crippen LogP contribution in [0.3, 0.4) is 0 Å². The molecule has 5 heteroatoms. The maximum Gasteiger partial charge on any atom is 0.286 e. The van der Waals surface area contributed by atoms with E-state index in [1.165, 1.54) is 0 Å². The molecule has 0 radical (unpaired) electrons. The normalized spacial score (nSPS) is 23.6. The van der Waals surface area contributed by atoms with E-state index in [0.717, 1.165) is 31.7 Å². The van der Waals surface area contributed by atoms with Gasteiger partial charge in [0, 0.05) is 25.4 Å². The van der Waals surface area contributed by atoms with Gasteiger partial charge in [-0.25, -0.2) is 4.79 Å². The highest BCUT2D eigenvalue weighted by Crippen LogP contribution is 2.29. The minimum atomic E-state index is -0.293.